The van der Waals surface area contributed by atoms with Crippen molar-refractivity contribution < 1.29 is 0 Å². The van der Waals surface area contributed by atoms with Gasteiger partial charge in [-0.1, -0.05) is 46.3 Å². The van der Waals surface area contributed by atoms with Crippen LogP contribution >= 0.6 is 43.2 Å². The van der Waals surface area contributed by atoms with E-state index in [-0.39, 0.29) is 0 Å². The zero-order chi connectivity index (χ0) is 11.9. The molecule has 1 aromatic carbocycles. The molecule has 0 N–H and O–H groups in total. The second-order valence-electron chi connectivity index (χ2n) is 4.52. The fraction of sp³-hybridized carbons (Fsp3) is 0.286. The second-order valence-corrected chi connectivity index (χ2v) is 7.24. The van der Waals surface area contributed by atoms with Crippen LogP contribution in [-0.2, 0) is 5.41 Å². The average Bonchev–Trinajstić information content (AvgIpc) is 3.07. The summed E-state index contributed by atoms with van der Waals surface area (Å²) in [7, 11) is 0. The standard InChI is InChI=1S/C14H12Br2S/c15-11-6-9-17-12(11)13(16)14(7-8-14)10-4-2-1-3-5-10/h1-6,9,13H,7-8H2. The van der Waals surface area contributed by atoms with E-state index in [1.54, 1.807) is 0 Å². The van der Waals surface area contributed by atoms with Gasteiger partial charge in [0.1, 0.15) is 0 Å². The van der Waals surface area contributed by atoms with Crippen LogP contribution < -0.4 is 0 Å². The summed E-state index contributed by atoms with van der Waals surface area (Å²) < 4.78 is 1.23. The zero-order valence-electron chi connectivity index (χ0n) is 9.20. The van der Waals surface area contributed by atoms with Crippen LogP contribution in [0.2, 0.25) is 0 Å². The molecule has 1 aromatic heterocycles. The summed E-state index contributed by atoms with van der Waals surface area (Å²) >= 11 is 9.38. The molecule has 1 saturated carbocycles. The van der Waals surface area contributed by atoms with Crippen molar-refractivity contribution >= 4 is 43.2 Å². The Morgan fingerprint density at radius 3 is 2.35 bits per heavy atom. The van der Waals surface area contributed by atoms with Gasteiger partial charge in [-0.2, -0.15) is 0 Å². The quantitative estimate of drug-likeness (QED) is 0.609. The van der Waals surface area contributed by atoms with E-state index in [2.05, 4.69) is 73.6 Å². The molecule has 1 atom stereocenters. The Labute approximate surface area is 122 Å². The largest absolute Gasteiger partial charge is 0.146 e. The van der Waals surface area contributed by atoms with Gasteiger partial charge in [0.15, 0.2) is 0 Å². The minimum absolute atomic E-state index is 0.314. The molecule has 0 aliphatic heterocycles. The summed E-state index contributed by atoms with van der Waals surface area (Å²) in [5, 5.41) is 2.15. The molecule has 2 aromatic rings. The molecule has 1 aliphatic carbocycles. The maximum atomic E-state index is 3.92. The molecule has 0 amide bonds. The van der Waals surface area contributed by atoms with E-state index in [0.29, 0.717) is 10.2 Å². The zero-order valence-corrected chi connectivity index (χ0v) is 13.2. The number of hydrogen-bond acceptors (Lipinski definition) is 1. The summed E-state index contributed by atoms with van der Waals surface area (Å²) in [6, 6.07) is 13.0. The number of rotatable bonds is 3. The highest BCUT2D eigenvalue weighted by atomic mass is 79.9. The summed E-state index contributed by atoms with van der Waals surface area (Å²) in [6.45, 7) is 0. The number of thiophene rings is 1. The van der Waals surface area contributed by atoms with Crippen molar-refractivity contribution in [3.05, 3.63) is 56.7 Å². The molecule has 0 saturated heterocycles. The highest BCUT2D eigenvalue weighted by Gasteiger charge is 2.50. The Kier molecular flexibility index (Phi) is 3.18. The lowest BCUT2D eigenvalue weighted by Crippen LogP contribution is -2.12. The Balaban J connectivity index is 1.97. The third kappa shape index (κ3) is 2.02. The van der Waals surface area contributed by atoms with Gasteiger partial charge in [-0.3, -0.25) is 0 Å². The van der Waals surface area contributed by atoms with Crippen molar-refractivity contribution in [1.29, 1.82) is 0 Å². The van der Waals surface area contributed by atoms with Crippen molar-refractivity contribution in [1.82, 2.24) is 0 Å². The molecule has 0 nitrogen and oxygen atoms in total. The average molecular weight is 372 g/mol. The van der Waals surface area contributed by atoms with Gasteiger partial charge in [-0.05, 0) is 45.8 Å². The first kappa shape index (κ1) is 11.9. The van der Waals surface area contributed by atoms with E-state index < -0.39 is 0 Å². The highest BCUT2D eigenvalue weighted by Crippen LogP contribution is 2.61. The van der Waals surface area contributed by atoms with Crippen LogP contribution in [0.5, 0.6) is 0 Å². The first-order chi connectivity index (χ1) is 8.24. The molecular weight excluding hydrogens is 360 g/mol. The molecule has 88 valence electrons. The third-order valence-corrected chi connectivity index (χ3v) is 7.07. The molecule has 0 bridgehead atoms. The SMILES string of the molecule is Brc1ccsc1C(Br)C1(c2ccccc2)CC1. The van der Waals surface area contributed by atoms with E-state index in [0.717, 1.165) is 0 Å². The summed E-state index contributed by atoms with van der Waals surface area (Å²) in [6.07, 6.45) is 2.55. The van der Waals surface area contributed by atoms with Gasteiger partial charge in [0.05, 0.1) is 4.83 Å². The van der Waals surface area contributed by atoms with E-state index >= 15 is 0 Å². The Morgan fingerprint density at radius 1 is 1.12 bits per heavy atom. The summed E-state index contributed by atoms with van der Waals surface area (Å²) in [5.74, 6) is 0. The molecule has 0 radical (unpaired) electrons. The van der Waals surface area contributed by atoms with Gasteiger partial charge in [-0.25, -0.2) is 0 Å². The lowest BCUT2D eigenvalue weighted by molar-refractivity contribution is 0.687. The Bertz CT molecular complexity index is 514. The molecule has 3 rings (SSSR count). The van der Waals surface area contributed by atoms with E-state index in [4.69, 9.17) is 0 Å². The van der Waals surface area contributed by atoms with Crippen LogP contribution in [0, 0.1) is 0 Å². The number of alkyl halides is 1. The smallest absolute Gasteiger partial charge is 0.0597 e. The summed E-state index contributed by atoms with van der Waals surface area (Å²) in [4.78, 5) is 1.83. The van der Waals surface area contributed by atoms with Crippen LogP contribution in [0.4, 0.5) is 0 Å². The van der Waals surface area contributed by atoms with Crippen LogP contribution in [0.25, 0.3) is 0 Å². The molecule has 1 aliphatic rings. The number of benzene rings is 1. The number of halogens is 2. The van der Waals surface area contributed by atoms with Gasteiger partial charge < -0.3 is 0 Å². The van der Waals surface area contributed by atoms with Crippen LogP contribution in [0.3, 0.4) is 0 Å². The lowest BCUT2D eigenvalue weighted by atomic mass is 9.92. The Hall–Kier alpha value is -0.120. The van der Waals surface area contributed by atoms with Gasteiger partial charge >= 0.3 is 0 Å². The predicted molar refractivity (Wildman–Crippen MR) is 81.0 cm³/mol. The molecule has 17 heavy (non-hydrogen) atoms. The van der Waals surface area contributed by atoms with Crippen LogP contribution in [-0.4, -0.2) is 0 Å². The number of hydrogen-bond donors (Lipinski definition) is 0. The highest BCUT2D eigenvalue weighted by molar-refractivity contribution is 9.11. The van der Waals surface area contributed by atoms with E-state index in [1.807, 2.05) is 11.3 Å². The monoisotopic (exact) mass is 370 g/mol. The first-order valence-corrected chi connectivity index (χ1v) is 8.25. The topological polar surface area (TPSA) is 0 Å². The molecule has 3 heteroatoms. The van der Waals surface area contributed by atoms with Gasteiger partial charge in [-0.15, -0.1) is 11.3 Å². The maximum absolute atomic E-state index is 3.92. The van der Waals surface area contributed by atoms with Gasteiger partial charge in [0, 0.05) is 14.8 Å². The minimum Gasteiger partial charge on any atom is -0.146 e. The molecule has 1 unspecified atom stereocenters. The lowest BCUT2D eigenvalue weighted by Gasteiger charge is -2.22. The summed E-state index contributed by atoms with van der Waals surface area (Å²) in [5.41, 5.74) is 1.77. The van der Waals surface area contributed by atoms with E-state index in [1.165, 1.54) is 27.8 Å². The fourth-order valence-electron chi connectivity index (χ4n) is 2.33. The second kappa shape index (κ2) is 4.52. The molecule has 1 fully saturated rings. The fourth-order valence-corrected chi connectivity index (χ4v) is 5.62. The maximum Gasteiger partial charge on any atom is 0.0597 e. The molecule has 0 spiro atoms. The van der Waals surface area contributed by atoms with Crippen molar-refractivity contribution in [2.45, 2.75) is 23.1 Å². The van der Waals surface area contributed by atoms with Crippen molar-refractivity contribution in [3.63, 3.8) is 0 Å². The minimum atomic E-state index is 0.314. The van der Waals surface area contributed by atoms with Crippen LogP contribution in [0.15, 0.2) is 46.3 Å². The Morgan fingerprint density at radius 2 is 1.82 bits per heavy atom. The third-order valence-electron chi connectivity index (χ3n) is 3.50. The van der Waals surface area contributed by atoms with Crippen LogP contribution in [0.1, 0.15) is 28.1 Å². The van der Waals surface area contributed by atoms with E-state index in [9.17, 15) is 0 Å². The van der Waals surface area contributed by atoms with Crippen molar-refractivity contribution in [2.75, 3.05) is 0 Å². The van der Waals surface area contributed by atoms with Gasteiger partial charge in [0.2, 0.25) is 0 Å². The van der Waals surface area contributed by atoms with Crippen molar-refractivity contribution in [3.8, 4) is 0 Å². The predicted octanol–water partition coefficient (Wildman–Crippen LogP) is 5.68. The van der Waals surface area contributed by atoms with Crippen molar-refractivity contribution in [2.24, 2.45) is 0 Å². The van der Waals surface area contributed by atoms with Gasteiger partial charge in [0.25, 0.3) is 0 Å². The first-order valence-electron chi connectivity index (χ1n) is 5.66. The molecule has 1 heterocycles. The molecular formula is C14H12Br2S. The normalized spacial score (nSPS) is 18.9.